The van der Waals surface area contributed by atoms with Crippen LogP contribution in [0.2, 0.25) is 0 Å². The summed E-state index contributed by atoms with van der Waals surface area (Å²) in [6.07, 6.45) is 11.1. The van der Waals surface area contributed by atoms with Gasteiger partial charge in [0.15, 0.2) is 0 Å². The molecule has 0 unspecified atom stereocenters. The molecule has 0 heterocycles. The molecule has 0 fully saturated rings. The van der Waals surface area contributed by atoms with Crippen LogP contribution in [0.3, 0.4) is 0 Å². The Morgan fingerprint density at radius 3 is 2.22 bits per heavy atom. The summed E-state index contributed by atoms with van der Waals surface area (Å²) < 4.78 is 0. The molecular weight excluding hydrogens is 216 g/mol. The van der Waals surface area contributed by atoms with Crippen molar-refractivity contribution in [3.05, 3.63) is 59.7 Å². The molecule has 0 nitrogen and oxygen atoms in total. The van der Waals surface area contributed by atoms with Gasteiger partial charge in [-0.3, -0.25) is 0 Å². The molecule has 0 N–H and O–H groups in total. The summed E-state index contributed by atoms with van der Waals surface area (Å²) in [4.78, 5) is 0. The van der Waals surface area contributed by atoms with Gasteiger partial charge in [-0.2, -0.15) is 0 Å². The number of benzene rings is 3. The highest BCUT2D eigenvalue weighted by molar-refractivity contribution is 6.09. The largest absolute Gasteiger partial charge is 0.115 e. The van der Waals surface area contributed by atoms with Crippen LogP contribution in [0.5, 0.6) is 0 Å². The average molecular weight is 226 g/mol. The standard InChI is InChI=1S/C18H10/c1-3-13-9-11-18-16-8-6-5-7-14(16)10-12-17(18)15(13)4-2/h1-2,5-12H. The van der Waals surface area contributed by atoms with Crippen molar-refractivity contribution in [2.24, 2.45) is 0 Å². The topological polar surface area (TPSA) is 0 Å². The van der Waals surface area contributed by atoms with Gasteiger partial charge in [0.25, 0.3) is 0 Å². The van der Waals surface area contributed by atoms with Crippen molar-refractivity contribution < 1.29 is 0 Å². The number of hydrogen-bond acceptors (Lipinski definition) is 0. The van der Waals surface area contributed by atoms with E-state index in [1.54, 1.807) is 0 Å². The van der Waals surface area contributed by atoms with Crippen molar-refractivity contribution in [2.75, 3.05) is 0 Å². The van der Waals surface area contributed by atoms with E-state index in [1.165, 1.54) is 10.8 Å². The Bertz CT molecular complexity index is 839. The maximum Gasteiger partial charge on any atom is 0.0477 e. The predicted octanol–water partition coefficient (Wildman–Crippen LogP) is 3.96. The fraction of sp³-hybridized carbons (Fsp3) is 0. The molecule has 0 bridgehead atoms. The molecule has 3 aromatic rings. The van der Waals surface area contributed by atoms with Crippen molar-refractivity contribution in [3.8, 4) is 24.7 Å². The van der Waals surface area contributed by atoms with E-state index in [4.69, 9.17) is 12.8 Å². The fourth-order valence-corrected chi connectivity index (χ4v) is 2.36. The van der Waals surface area contributed by atoms with Crippen LogP contribution < -0.4 is 0 Å². The van der Waals surface area contributed by atoms with E-state index in [1.807, 2.05) is 30.3 Å². The highest BCUT2D eigenvalue weighted by atomic mass is 14.1. The van der Waals surface area contributed by atoms with E-state index in [0.717, 1.165) is 21.9 Å². The molecule has 0 heteroatoms. The summed E-state index contributed by atoms with van der Waals surface area (Å²) in [7, 11) is 0. The van der Waals surface area contributed by atoms with Gasteiger partial charge in [0.05, 0.1) is 0 Å². The van der Waals surface area contributed by atoms with Gasteiger partial charge in [-0.1, -0.05) is 54.3 Å². The minimum absolute atomic E-state index is 0.778. The molecule has 3 rings (SSSR count). The van der Waals surface area contributed by atoms with E-state index in [0.29, 0.717) is 0 Å². The molecule has 82 valence electrons. The first-order valence-electron chi connectivity index (χ1n) is 5.73. The minimum Gasteiger partial charge on any atom is -0.115 e. The summed E-state index contributed by atoms with van der Waals surface area (Å²) in [6, 6.07) is 16.4. The number of rotatable bonds is 0. The summed E-state index contributed by atoms with van der Waals surface area (Å²) in [5, 5.41) is 4.61. The van der Waals surface area contributed by atoms with E-state index in [2.05, 4.69) is 30.0 Å². The minimum atomic E-state index is 0.778. The van der Waals surface area contributed by atoms with Crippen LogP contribution in [0.1, 0.15) is 11.1 Å². The van der Waals surface area contributed by atoms with Crippen LogP contribution >= 0.6 is 0 Å². The molecule has 3 aromatic carbocycles. The van der Waals surface area contributed by atoms with Gasteiger partial charge in [-0.05, 0) is 27.6 Å². The van der Waals surface area contributed by atoms with Gasteiger partial charge in [-0.25, -0.2) is 0 Å². The van der Waals surface area contributed by atoms with Crippen molar-refractivity contribution >= 4 is 21.5 Å². The summed E-state index contributed by atoms with van der Waals surface area (Å²) in [6.45, 7) is 0. The van der Waals surface area contributed by atoms with Crippen LogP contribution in [0.25, 0.3) is 21.5 Å². The second-order valence-electron chi connectivity index (χ2n) is 4.16. The van der Waals surface area contributed by atoms with Crippen molar-refractivity contribution in [1.29, 1.82) is 0 Å². The predicted molar refractivity (Wildman–Crippen MR) is 77.3 cm³/mol. The lowest BCUT2D eigenvalue weighted by atomic mass is 9.95. The van der Waals surface area contributed by atoms with Gasteiger partial charge >= 0.3 is 0 Å². The average Bonchev–Trinajstić information content (AvgIpc) is 2.45. The van der Waals surface area contributed by atoms with Gasteiger partial charge in [-0.15, -0.1) is 12.8 Å². The van der Waals surface area contributed by atoms with Gasteiger partial charge in [0.1, 0.15) is 0 Å². The third-order valence-corrected chi connectivity index (χ3v) is 3.23. The SMILES string of the molecule is C#Cc1ccc2c(ccc3ccccc32)c1C#C. The van der Waals surface area contributed by atoms with Gasteiger partial charge in [0, 0.05) is 11.1 Å². The monoisotopic (exact) mass is 226 g/mol. The van der Waals surface area contributed by atoms with Crippen molar-refractivity contribution in [1.82, 2.24) is 0 Å². The molecule has 0 aliphatic carbocycles. The lowest BCUT2D eigenvalue weighted by Crippen LogP contribution is -1.87. The third kappa shape index (κ3) is 1.37. The molecule has 0 aliphatic rings. The lowest BCUT2D eigenvalue weighted by molar-refractivity contribution is 1.66. The maximum absolute atomic E-state index is 5.59. The van der Waals surface area contributed by atoms with Crippen LogP contribution in [-0.4, -0.2) is 0 Å². The molecular formula is C18H10. The maximum atomic E-state index is 5.59. The zero-order valence-corrected chi connectivity index (χ0v) is 9.77. The molecule has 0 aliphatic heterocycles. The summed E-state index contributed by atoms with van der Waals surface area (Å²) in [5.41, 5.74) is 1.58. The molecule has 18 heavy (non-hydrogen) atoms. The number of hydrogen-bond donors (Lipinski definition) is 0. The molecule has 0 atom stereocenters. The third-order valence-electron chi connectivity index (χ3n) is 3.23. The Morgan fingerprint density at radius 1 is 0.667 bits per heavy atom. The first kappa shape index (κ1) is 10.5. The van der Waals surface area contributed by atoms with E-state index in [9.17, 15) is 0 Å². The Morgan fingerprint density at radius 2 is 1.44 bits per heavy atom. The molecule has 0 radical (unpaired) electrons. The number of terminal acetylenes is 2. The Hall–Kier alpha value is -2.70. The summed E-state index contributed by atoms with van der Waals surface area (Å²) >= 11 is 0. The molecule has 0 spiro atoms. The molecule has 0 saturated heterocycles. The van der Waals surface area contributed by atoms with E-state index < -0.39 is 0 Å². The van der Waals surface area contributed by atoms with Crippen LogP contribution in [0.15, 0.2) is 48.5 Å². The molecule has 0 aromatic heterocycles. The van der Waals surface area contributed by atoms with Crippen LogP contribution in [0.4, 0.5) is 0 Å². The van der Waals surface area contributed by atoms with Crippen LogP contribution in [-0.2, 0) is 0 Å². The normalized spacial score (nSPS) is 10.1. The second kappa shape index (κ2) is 3.95. The van der Waals surface area contributed by atoms with Gasteiger partial charge in [0.2, 0.25) is 0 Å². The Balaban J connectivity index is 2.57. The summed E-state index contributed by atoms with van der Waals surface area (Å²) in [5.74, 6) is 5.36. The molecule has 0 saturated carbocycles. The first-order chi connectivity index (χ1) is 8.85. The smallest absolute Gasteiger partial charge is 0.0477 e. The highest BCUT2D eigenvalue weighted by Gasteiger charge is 2.06. The van der Waals surface area contributed by atoms with Crippen molar-refractivity contribution in [3.63, 3.8) is 0 Å². The van der Waals surface area contributed by atoms with E-state index >= 15 is 0 Å². The van der Waals surface area contributed by atoms with Crippen LogP contribution in [0, 0.1) is 24.7 Å². The Labute approximate surface area is 106 Å². The quantitative estimate of drug-likeness (QED) is 0.402. The van der Waals surface area contributed by atoms with Gasteiger partial charge < -0.3 is 0 Å². The van der Waals surface area contributed by atoms with E-state index in [-0.39, 0.29) is 0 Å². The number of fused-ring (bicyclic) bond motifs is 3. The zero-order chi connectivity index (χ0) is 12.5. The zero-order valence-electron chi connectivity index (χ0n) is 9.77. The van der Waals surface area contributed by atoms with Crippen molar-refractivity contribution in [2.45, 2.75) is 0 Å². The lowest BCUT2D eigenvalue weighted by Gasteiger charge is -2.07. The first-order valence-corrected chi connectivity index (χ1v) is 5.73. The Kier molecular flexibility index (Phi) is 2.30. The second-order valence-corrected chi connectivity index (χ2v) is 4.16. The molecule has 0 amide bonds. The fourth-order valence-electron chi connectivity index (χ4n) is 2.36. The highest BCUT2D eigenvalue weighted by Crippen LogP contribution is 2.28.